The zero-order valence-corrected chi connectivity index (χ0v) is 19.7. The predicted octanol–water partition coefficient (Wildman–Crippen LogP) is 7.58. The molecule has 0 bridgehead atoms. The Morgan fingerprint density at radius 1 is 0.625 bits per heavy atom. The highest BCUT2D eigenvalue weighted by atomic mass is 16.3. The molecule has 0 saturated carbocycles. The number of pyridine rings is 1. The number of hydrogen-bond acceptors (Lipinski definition) is 3. The molecule has 0 unspecified atom stereocenters. The quantitative estimate of drug-likeness (QED) is 0.348. The molecule has 2 N–H and O–H groups in total. The molecule has 4 aromatic rings. The van der Waals surface area contributed by atoms with Gasteiger partial charge in [-0.3, -0.25) is 0 Å². The van der Waals surface area contributed by atoms with Crippen LogP contribution in [0.1, 0.15) is 52.7 Å². The maximum absolute atomic E-state index is 11.2. The molecule has 3 heteroatoms. The molecule has 0 radical (unpaired) electrons. The normalized spacial score (nSPS) is 12.3. The van der Waals surface area contributed by atoms with Crippen molar-refractivity contribution in [3.05, 3.63) is 77.9 Å². The van der Waals surface area contributed by atoms with E-state index < -0.39 is 0 Å². The minimum Gasteiger partial charge on any atom is -0.507 e. The van der Waals surface area contributed by atoms with E-state index in [-0.39, 0.29) is 22.3 Å². The number of hydrogen-bond donors (Lipinski definition) is 2. The molecule has 3 aromatic carbocycles. The zero-order chi connectivity index (χ0) is 23.3. The van der Waals surface area contributed by atoms with E-state index in [1.807, 2.05) is 60.7 Å². The van der Waals surface area contributed by atoms with Gasteiger partial charge in [0.25, 0.3) is 0 Å². The summed E-state index contributed by atoms with van der Waals surface area (Å²) >= 11 is 0. The van der Waals surface area contributed by atoms with Gasteiger partial charge in [0.1, 0.15) is 11.5 Å². The summed E-state index contributed by atoms with van der Waals surface area (Å²) in [4.78, 5) is 4.87. The zero-order valence-electron chi connectivity index (χ0n) is 19.7. The van der Waals surface area contributed by atoms with E-state index in [1.165, 1.54) is 0 Å². The monoisotopic (exact) mass is 425 g/mol. The fourth-order valence-corrected chi connectivity index (χ4v) is 4.03. The standard InChI is InChI=1S/C29H31NO2/c1-28(2,3)19-16-22(27(32)23(17-19)29(4,5)6)25-13-9-12-24(30-25)21-15-14-18-10-7-8-11-20(18)26(21)31/h7-17,31-32H,1-6H3. The molecule has 1 aromatic heterocycles. The first-order valence-electron chi connectivity index (χ1n) is 11.0. The number of aromatic hydroxyl groups is 2. The largest absolute Gasteiger partial charge is 0.507 e. The molecule has 3 nitrogen and oxygen atoms in total. The molecule has 0 aliphatic heterocycles. The minimum atomic E-state index is -0.214. The third-order valence-electron chi connectivity index (χ3n) is 5.99. The van der Waals surface area contributed by atoms with Crippen molar-refractivity contribution >= 4 is 10.8 Å². The molecule has 1 heterocycles. The Labute approximate surface area is 190 Å². The molecule has 0 fully saturated rings. The maximum Gasteiger partial charge on any atom is 0.132 e. The van der Waals surface area contributed by atoms with Gasteiger partial charge in [0.15, 0.2) is 0 Å². The highest BCUT2D eigenvalue weighted by molar-refractivity contribution is 5.94. The Balaban J connectivity index is 1.92. The van der Waals surface area contributed by atoms with Gasteiger partial charge in [0.05, 0.1) is 11.4 Å². The maximum atomic E-state index is 11.2. The first-order valence-corrected chi connectivity index (χ1v) is 11.0. The molecular weight excluding hydrogens is 394 g/mol. The van der Waals surface area contributed by atoms with E-state index in [9.17, 15) is 10.2 Å². The third kappa shape index (κ3) is 3.95. The lowest BCUT2D eigenvalue weighted by atomic mass is 9.78. The van der Waals surface area contributed by atoms with Gasteiger partial charge in [0.2, 0.25) is 0 Å². The summed E-state index contributed by atoms with van der Waals surface area (Å²) in [5.41, 5.74) is 4.51. The summed E-state index contributed by atoms with van der Waals surface area (Å²) in [5, 5.41) is 23.9. The van der Waals surface area contributed by atoms with E-state index in [0.717, 1.165) is 21.9 Å². The summed E-state index contributed by atoms with van der Waals surface area (Å²) in [7, 11) is 0. The first kappa shape index (κ1) is 21.9. The highest BCUT2D eigenvalue weighted by Gasteiger charge is 2.26. The summed E-state index contributed by atoms with van der Waals surface area (Å²) < 4.78 is 0. The van der Waals surface area contributed by atoms with Crippen LogP contribution in [-0.4, -0.2) is 15.2 Å². The molecule has 0 atom stereocenters. The number of phenols is 2. The predicted molar refractivity (Wildman–Crippen MR) is 133 cm³/mol. The summed E-state index contributed by atoms with van der Waals surface area (Å²) in [6.07, 6.45) is 0. The number of fused-ring (bicyclic) bond motifs is 1. The molecule has 0 aliphatic carbocycles. The number of rotatable bonds is 2. The average Bonchev–Trinajstić information content (AvgIpc) is 2.73. The van der Waals surface area contributed by atoms with Crippen LogP contribution in [-0.2, 0) is 10.8 Å². The Morgan fingerprint density at radius 3 is 1.94 bits per heavy atom. The van der Waals surface area contributed by atoms with Crippen molar-refractivity contribution < 1.29 is 10.2 Å². The van der Waals surface area contributed by atoms with Crippen LogP contribution >= 0.6 is 0 Å². The Hall–Kier alpha value is -3.33. The van der Waals surface area contributed by atoms with Gasteiger partial charge in [0, 0.05) is 22.1 Å². The van der Waals surface area contributed by atoms with Gasteiger partial charge in [-0.2, -0.15) is 0 Å². The third-order valence-corrected chi connectivity index (χ3v) is 5.99. The Kier molecular flexibility index (Phi) is 5.24. The number of benzene rings is 3. The van der Waals surface area contributed by atoms with Crippen LogP contribution in [0, 0.1) is 0 Å². The molecule has 32 heavy (non-hydrogen) atoms. The fraction of sp³-hybridized carbons (Fsp3) is 0.276. The topological polar surface area (TPSA) is 53.4 Å². The minimum absolute atomic E-state index is 0.0727. The van der Waals surface area contributed by atoms with Crippen molar-refractivity contribution in [1.29, 1.82) is 0 Å². The second kappa shape index (κ2) is 7.67. The van der Waals surface area contributed by atoms with Gasteiger partial charge in [-0.15, -0.1) is 0 Å². The summed E-state index contributed by atoms with van der Waals surface area (Å²) in [5.74, 6) is 0.480. The van der Waals surface area contributed by atoms with Gasteiger partial charge in [-0.1, -0.05) is 84.0 Å². The van der Waals surface area contributed by atoms with Crippen LogP contribution < -0.4 is 0 Å². The van der Waals surface area contributed by atoms with Gasteiger partial charge in [-0.05, 0) is 46.0 Å². The van der Waals surface area contributed by atoms with Crippen LogP contribution in [0.4, 0.5) is 0 Å². The Morgan fingerprint density at radius 2 is 1.28 bits per heavy atom. The van der Waals surface area contributed by atoms with Crippen LogP contribution in [0.15, 0.2) is 66.7 Å². The summed E-state index contributed by atoms with van der Waals surface area (Å²) in [6, 6.07) is 21.5. The van der Waals surface area contributed by atoms with Crippen molar-refractivity contribution in [1.82, 2.24) is 4.98 Å². The van der Waals surface area contributed by atoms with Crippen LogP contribution in [0.2, 0.25) is 0 Å². The molecule has 0 aliphatic rings. The van der Waals surface area contributed by atoms with Gasteiger partial charge >= 0.3 is 0 Å². The average molecular weight is 426 g/mol. The van der Waals surface area contributed by atoms with E-state index in [0.29, 0.717) is 22.5 Å². The van der Waals surface area contributed by atoms with Crippen molar-refractivity contribution in [2.24, 2.45) is 0 Å². The smallest absolute Gasteiger partial charge is 0.132 e. The van der Waals surface area contributed by atoms with Crippen LogP contribution in [0.3, 0.4) is 0 Å². The van der Waals surface area contributed by atoms with Crippen molar-refractivity contribution in [3.63, 3.8) is 0 Å². The highest BCUT2D eigenvalue weighted by Crippen LogP contribution is 2.42. The molecule has 4 rings (SSSR count). The second-order valence-corrected chi connectivity index (χ2v) is 10.5. The fourth-order valence-electron chi connectivity index (χ4n) is 4.03. The molecule has 0 spiro atoms. The van der Waals surface area contributed by atoms with Gasteiger partial charge in [-0.25, -0.2) is 4.98 Å². The number of phenolic OH excluding ortho intramolecular Hbond substituents is 2. The first-order chi connectivity index (χ1) is 15.0. The van der Waals surface area contributed by atoms with Crippen molar-refractivity contribution in [2.75, 3.05) is 0 Å². The van der Waals surface area contributed by atoms with Crippen LogP contribution in [0.5, 0.6) is 11.5 Å². The van der Waals surface area contributed by atoms with E-state index in [4.69, 9.17) is 4.98 Å². The van der Waals surface area contributed by atoms with Gasteiger partial charge < -0.3 is 10.2 Å². The van der Waals surface area contributed by atoms with Crippen molar-refractivity contribution in [3.8, 4) is 34.0 Å². The lowest BCUT2D eigenvalue weighted by molar-refractivity contribution is 0.446. The molecular formula is C29H31NO2. The molecule has 164 valence electrons. The second-order valence-electron chi connectivity index (χ2n) is 10.5. The molecule has 0 amide bonds. The molecule has 0 saturated heterocycles. The van der Waals surface area contributed by atoms with E-state index >= 15 is 0 Å². The summed E-state index contributed by atoms with van der Waals surface area (Å²) in [6.45, 7) is 12.8. The van der Waals surface area contributed by atoms with Crippen LogP contribution in [0.25, 0.3) is 33.3 Å². The van der Waals surface area contributed by atoms with E-state index in [1.54, 1.807) is 0 Å². The number of nitrogens with zero attached hydrogens (tertiary/aromatic N) is 1. The lowest BCUT2D eigenvalue weighted by Crippen LogP contribution is -2.17. The number of aromatic nitrogens is 1. The lowest BCUT2D eigenvalue weighted by Gasteiger charge is -2.27. The van der Waals surface area contributed by atoms with E-state index in [2.05, 4.69) is 47.6 Å². The SMILES string of the molecule is CC(C)(C)c1cc(-c2cccc(-c3ccc4ccccc4c3O)n2)c(O)c(C(C)(C)C)c1. The Bertz CT molecular complexity index is 1310. The van der Waals surface area contributed by atoms with Crippen molar-refractivity contribution in [2.45, 2.75) is 52.4 Å².